The minimum absolute atomic E-state index is 0.0896. The third-order valence-electron chi connectivity index (χ3n) is 3.43. The first-order chi connectivity index (χ1) is 11.6. The Morgan fingerprint density at radius 3 is 2.75 bits per heavy atom. The van der Waals surface area contributed by atoms with Crippen molar-refractivity contribution < 1.29 is 9.32 Å². The van der Waals surface area contributed by atoms with Gasteiger partial charge in [0.2, 0.25) is 5.89 Å². The Labute approximate surface area is 142 Å². The van der Waals surface area contributed by atoms with E-state index in [0.29, 0.717) is 18.0 Å². The molecule has 2 N–H and O–H groups in total. The minimum atomic E-state index is -0.0896. The zero-order valence-corrected chi connectivity index (χ0v) is 14.5. The molecule has 0 atom stereocenters. The quantitative estimate of drug-likeness (QED) is 0.686. The number of hydrogen-bond donors (Lipinski definition) is 2. The average Bonchev–Trinajstić information content (AvgIpc) is 3.06. The minimum Gasteiger partial charge on any atom is -0.370 e. The molecule has 0 aliphatic heterocycles. The van der Waals surface area contributed by atoms with Gasteiger partial charge in [0.1, 0.15) is 5.82 Å². The molecule has 2 aromatic rings. The van der Waals surface area contributed by atoms with Crippen molar-refractivity contribution in [1.82, 2.24) is 20.4 Å². The van der Waals surface area contributed by atoms with E-state index in [4.69, 9.17) is 4.52 Å². The van der Waals surface area contributed by atoms with E-state index in [9.17, 15) is 4.79 Å². The molecule has 1 amide bonds. The number of rotatable bonds is 9. The van der Waals surface area contributed by atoms with Gasteiger partial charge in [-0.25, -0.2) is 4.98 Å². The molecular weight excluding hydrogens is 306 g/mol. The highest BCUT2D eigenvalue weighted by molar-refractivity contribution is 5.93. The van der Waals surface area contributed by atoms with Crippen molar-refractivity contribution in [2.75, 3.05) is 18.4 Å². The number of pyridine rings is 1. The number of carbonyl (C=O) groups excluding carboxylic acids is 1. The van der Waals surface area contributed by atoms with Crippen molar-refractivity contribution in [2.45, 2.75) is 46.0 Å². The maximum Gasteiger partial charge on any atom is 0.252 e. The number of hydrogen-bond acceptors (Lipinski definition) is 6. The smallest absolute Gasteiger partial charge is 0.252 e. The first-order valence-corrected chi connectivity index (χ1v) is 8.40. The number of carbonyl (C=O) groups is 1. The number of aromatic nitrogens is 3. The fraction of sp³-hybridized carbons (Fsp3) is 0.529. The van der Waals surface area contributed by atoms with Gasteiger partial charge in [-0.3, -0.25) is 4.79 Å². The van der Waals surface area contributed by atoms with E-state index in [2.05, 4.69) is 25.8 Å². The van der Waals surface area contributed by atoms with Crippen LogP contribution in [0.3, 0.4) is 0 Å². The van der Waals surface area contributed by atoms with E-state index in [-0.39, 0.29) is 11.8 Å². The fourth-order valence-corrected chi connectivity index (χ4v) is 2.03. The molecule has 0 bridgehead atoms. The summed E-state index contributed by atoms with van der Waals surface area (Å²) < 4.78 is 5.20. The molecule has 2 heterocycles. The Morgan fingerprint density at radius 2 is 2.12 bits per heavy atom. The summed E-state index contributed by atoms with van der Waals surface area (Å²) in [7, 11) is 0. The Hall–Kier alpha value is -2.44. The van der Waals surface area contributed by atoms with Gasteiger partial charge in [0.05, 0.1) is 5.56 Å². The molecular formula is C17H25N5O2. The van der Waals surface area contributed by atoms with Crippen LogP contribution in [0.5, 0.6) is 0 Å². The summed E-state index contributed by atoms with van der Waals surface area (Å²) in [6.45, 7) is 7.51. The summed E-state index contributed by atoms with van der Waals surface area (Å²) in [5.41, 5.74) is 0.570. The summed E-state index contributed by atoms with van der Waals surface area (Å²) in [4.78, 5) is 20.4. The molecule has 130 valence electrons. The lowest BCUT2D eigenvalue weighted by atomic mass is 10.2. The van der Waals surface area contributed by atoms with Crippen molar-refractivity contribution in [2.24, 2.45) is 0 Å². The van der Waals surface area contributed by atoms with E-state index < -0.39 is 0 Å². The molecule has 7 heteroatoms. The normalized spacial score (nSPS) is 10.8. The Balaban J connectivity index is 1.73. The van der Waals surface area contributed by atoms with Gasteiger partial charge in [-0.2, -0.15) is 4.98 Å². The predicted octanol–water partition coefficient (Wildman–Crippen LogP) is 2.77. The van der Waals surface area contributed by atoms with E-state index in [1.54, 1.807) is 12.3 Å². The second kappa shape index (κ2) is 9.00. The lowest BCUT2D eigenvalue weighted by Crippen LogP contribution is -2.24. The van der Waals surface area contributed by atoms with Crippen molar-refractivity contribution in [3.63, 3.8) is 0 Å². The molecule has 0 aliphatic rings. The highest BCUT2D eigenvalue weighted by Crippen LogP contribution is 2.11. The van der Waals surface area contributed by atoms with Crippen LogP contribution in [-0.2, 0) is 6.42 Å². The molecule has 0 saturated carbocycles. The van der Waals surface area contributed by atoms with Gasteiger partial charge >= 0.3 is 0 Å². The molecule has 0 unspecified atom stereocenters. The highest BCUT2D eigenvalue weighted by Gasteiger charge is 2.09. The average molecular weight is 331 g/mol. The topological polar surface area (TPSA) is 92.9 Å². The largest absolute Gasteiger partial charge is 0.370 e. The van der Waals surface area contributed by atoms with E-state index in [1.807, 2.05) is 26.8 Å². The van der Waals surface area contributed by atoms with Crippen LogP contribution in [0.2, 0.25) is 0 Å². The summed E-state index contributed by atoms with van der Waals surface area (Å²) >= 11 is 0. The second-order valence-corrected chi connectivity index (χ2v) is 5.92. The van der Waals surface area contributed by atoms with Crippen LogP contribution in [0.4, 0.5) is 5.82 Å². The van der Waals surface area contributed by atoms with Crippen molar-refractivity contribution in [3.05, 3.63) is 35.6 Å². The Kier molecular flexibility index (Phi) is 6.72. The van der Waals surface area contributed by atoms with Crippen molar-refractivity contribution >= 4 is 11.7 Å². The van der Waals surface area contributed by atoms with E-state index in [1.165, 1.54) is 0 Å². The van der Waals surface area contributed by atoms with E-state index in [0.717, 1.165) is 37.4 Å². The lowest BCUT2D eigenvalue weighted by Gasteiger charge is -2.06. The maximum absolute atomic E-state index is 11.8. The van der Waals surface area contributed by atoms with Gasteiger partial charge in [0, 0.05) is 31.6 Å². The van der Waals surface area contributed by atoms with Crippen LogP contribution in [0, 0.1) is 0 Å². The third-order valence-corrected chi connectivity index (χ3v) is 3.43. The first kappa shape index (κ1) is 17.9. The Bertz CT molecular complexity index is 637. The zero-order chi connectivity index (χ0) is 17.4. The standard InChI is InChI=1S/C17H25N5O2/c1-4-9-19-17(23)13-7-8-14(20-11-13)18-10-5-6-15-21-16(12(2)3)22-24-15/h7-8,11-12H,4-6,9-10H2,1-3H3,(H,18,20)(H,19,23). The summed E-state index contributed by atoms with van der Waals surface area (Å²) in [5.74, 6) is 2.34. The maximum atomic E-state index is 11.8. The van der Waals surface area contributed by atoms with Gasteiger partial charge in [0.25, 0.3) is 5.91 Å². The molecule has 7 nitrogen and oxygen atoms in total. The summed E-state index contributed by atoms with van der Waals surface area (Å²) in [6, 6.07) is 3.58. The van der Waals surface area contributed by atoms with Crippen LogP contribution in [0.15, 0.2) is 22.9 Å². The van der Waals surface area contributed by atoms with Crippen LogP contribution >= 0.6 is 0 Å². The van der Waals surface area contributed by atoms with Gasteiger partial charge < -0.3 is 15.2 Å². The number of anilines is 1. The van der Waals surface area contributed by atoms with Gasteiger partial charge in [-0.15, -0.1) is 0 Å². The fourth-order valence-electron chi connectivity index (χ4n) is 2.03. The van der Waals surface area contributed by atoms with Crippen LogP contribution in [0.1, 0.15) is 61.6 Å². The Morgan fingerprint density at radius 1 is 1.29 bits per heavy atom. The zero-order valence-electron chi connectivity index (χ0n) is 14.5. The molecule has 0 spiro atoms. The molecule has 0 fully saturated rings. The van der Waals surface area contributed by atoms with Crippen molar-refractivity contribution in [1.29, 1.82) is 0 Å². The highest BCUT2D eigenvalue weighted by atomic mass is 16.5. The summed E-state index contributed by atoms with van der Waals surface area (Å²) in [5, 5.41) is 9.99. The first-order valence-electron chi connectivity index (χ1n) is 8.40. The molecule has 0 radical (unpaired) electrons. The molecule has 0 aliphatic carbocycles. The number of amides is 1. The molecule has 2 rings (SSSR count). The van der Waals surface area contributed by atoms with Crippen LogP contribution < -0.4 is 10.6 Å². The predicted molar refractivity (Wildman–Crippen MR) is 92.1 cm³/mol. The molecule has 24 heavy (non-hydrogen) atoms. The summed E-state index contributed by atoms with van der Waals surface area (Å²) in [6.07, 6.45) is 4.09. The van der Waals surface area contributed by atoms with E-state index >= 15 is 0 Å². The van der Waals surface area contributed by atoms with Gasteiger partial charge in [0.15, 0.2) is 5.82 Å². The van der Waals surface area contributed by atoms with Crippen molar-refractivity contribution in [3.8, 4) is 0 Å². The number of nitrogens with one attached hydrogen (secondary N) is 2. The molecule has 0 saturated heterocycles. The monoisotopic (exact) mass is 331 g/mol. The van der Waals surface area contributed by atoms with Crippen LogP contribution in [0.25, 0.3) is 0 Å². The molecule has 0 aromatic carbocycles. The number of nitrogens with zero attached hydrogens (tertiary/aromatic N) is 3. The lowest BCUT2D eigenvalue weighted by molar-refractivity contribution is 0.0953. The molecule has 2 aromatic heterocycles. The second-order valence-electron chi connectivity index (χ2n) is 5.92. The SMILES string of the molecule is CCCNC(=O)c1ccc(NCCCc2nc(C(C)C)no2)nc1. The van der Waals surface area contributed by atoms with Gasteiger partial charge in [-0.1, -0.05) is 25.9 Å². The number of aryl methyl sites for hydroxylation is 1. The van der Waals surface area contributed by atoms with Gasteiger partial charge in [-0.05, 0) is 25.0 Å². The third kappa shape index (κ3) is 5.33. The van der Waals surface area contributed by atoms with Crippen LogP contribution in [-0.4, -0.2) is 34.1 Å².